The van der Waals surface area contributed by atoms with Crippen LogP contribution in [0.25, 0.3) is 0 Å². The minimum Gasteiger partial charge on any atom is -0.317 e. The number of benzene rings is 1. The van der Waals surface area contributed by atoms with E-state index in [1.54, 1.807) is 0 Å². The monoisotopic (exact) mass is 310 g/mol. The Morgan fingerprint density at radius 3 is 2.56 bits per heavy atom. The van der Waals surface area contributed by atoms with Gasteiger partial charge in [-0.3, -0.25) is 0 Å². The predicted molar refractivity (Wildman–Crippen MR) is 80.7 cm³/mol. The fraction of sp³-hybridized carbons (Fsp3) is 0.600. The zero-order chi connectivity index (χ0) is 12.8. The number of rotatable bonds is 5. The molecule has 0 radical (unpaired) electrons. The third kappa shape index (κ3) is 4.08. The van der Waals surface area contributed by atoms with Crippen LogP contribution >= 0.6 is 15.9 Å². The second-order valence-electron chi connectivity index (χ2n) is 5.23. The van der Waals surface area contributed by atoms with Crippen molar-refractivity contribution in [3.05, 3.63) is 34.3 Å². The van der Waals surface area contributed by atoms with E-state index in [-0.39, 0.29) is 0 Å². The fourth-order valence-corrected chi connectivity index (χ4v) is 3.13. The van der Waals surface area contributed by atoms with Crippen molar-refractivity contribution in [3.8, 4) is 0 Å². The molecule has 18 heavy (non-hydrogen) atoms. The van der Waals surface area contributed by atoms with Gasteiger partial charge in [0, 0.05) is 17.1 Å². The topological polar surface area (TPSA) is 24.1 Å². The molecule has 2 N–H and O–H groups in total. The maximum Gasteiger partial charge on any atom is 0.0220 e. The number of hydrogen-bond donors (Lipinski definition) is 2. The first-order chi connectivity index (χ1) is 8.79. The average molecular weight is 311 g/mol. The van der Waals surface area contributed by atoms with Crippen LogP contribution in [0.3, 0.4) is 0 Å². The zero-order valence-electron chi connectivity index (χ0n) is 11.1. The number of halogens is 1. The molecule has 0 unspecified atom stereocenters. The molecule has 1 saturated carbocycles. The summed E-state index contributed by atoms with van der Waals surface area (Å²) in [6.07, 6.45) is 5.37. The van der Waals surface area contributed by atoms with E-state index < -0.39 is 0 Å². The van der Waals surface area contributed by atoms with Crippen molar-refractivity contribution in [1.82, 2.24) is 10.6 Å². The van der Waals surface area contributed by atoms with E-state index in [1.807, 2.05) is 0 Å². The first-order valence-electron chi connectivity index (χ1n) is 6.91. The molecule has 1 aliphatic carbocycles. The van der Waals surface area contributed by atoms with Gasteiger partial charge in [-0.25, -0.2) is 0 Å². The van der Waals surface area contributed by atoms with Crippen molar-refractivity contribution in [3.63, 3.8) is 0 Å². The van der Waals surface area contributed by atoms with Gasteiger partial charge in [0.05, 0.1) is 0 Å². The Kier molecular flexibility index (Phi) is 5.67. The molecule has 1 fully saturated rings. The van der Waals surface area contributed by atoms with Crippen LogP contribution in [-0.2, 0) is 6.54 Å². The summed E-state index contributed by atoms with van der Waals surface area (Å²) in [7, 11) is 2.08. The lowest BCUT2D eigenvalue weighted by Crippen LogP contribution is -2.33. The van der Waals surface area contributed by atoms with Crippen LogP contribution in [0.1, 0.15) is 31.2 Å². The first kappa shape index (κ1) is 14.0. The van der Waals surface area contributed by atoms with Crippen LogP contribution in [0.5, 0.6) is 0 Å². The average Bonchev–Trinajstić information content (AvgIpc) is 2.42. The summed E-state index contributed by atoms with van der Waals surface area (Å²) < 4.78 is 1.20. The molecule has 0 spiro atoms. The maximum absolute atomic E-state index is 3.59. The summed E-state index contributed by atoms with van der Waals surface area (Å²) in [5.41, 5.74) is 1.35. The lowest BCUT2D eigenvalue weighted by Gasteiger charge is -2.28. The van der Waals surface area contributed by atoms with Crippen molar-refractivity contribution in [2.45, 2.75) is 38.3 Å². The van der Waals surface area contributed by atoms with E-state index in [1.165, 1.54) is 35.7 Å². The molecule has 0 saturated heterocycles. The molecule has 100 valence electrons. The molecule has 0 bridgehead atoms. The van der Waals surface area contributed by atoms with Gasteiger partial charge in [-0.05, 0) is 56.8 Å². The molecular weight excluding hydrogens is 288 g/mol. The zero-order valence-corrected chi connectivity index (χ0v) is 12.7. The van der Waals surface area contributed by atoms with Crippen molar-refractivity contribution in [2.24, 2.45) is 5.92 Å². The van der Waals surface area contributed by atoms with Gasteiger partial charge in [0.25, 0.3) is 0 Å². The third-order valence-electron chi connectivity index (χ3n) is 3.96. The Morgan fingerprint density at radius 2 is 1.89 bits per heavy atom. The second-order valence-corrected chi connectivity index (χ2v) is 6.08. The van der Waals surface area contributed by atoms with Crippen molar-refractivity contribution >= 4 is 15.9 Å². The lowest BCUT2D eigenvalue weighted by atomic mass is 9.86. The van der Waals surface area contributed by atoms with Crippen molar-refractivity contribution < 1.29 is 0 Å². The molecule has 0 aliphatic heterocycles. The van der Waals surface area contributed by atoms with Crippen LogP contribution in [0.15, 0.2) is 28.7 Å². The lowest BCUT2D eigenvalue weighted by molar-refractivity contribution is 0.292. The Labute approximate surface area is 119 Å². The van der Waals surface area contributed by atoms with Gasteiger partial charge < -0.3 is 10.6 Å². The van der Waals surface area contributed by atoms with Gasteiger partial charge in [0.2, 0.25) is 0 Å². The third-order valence-corrected chi connectivity index (χ3v) is 4.73. The van der Waals surface area contributed by atoms with E-state index in [0.29, 0.717) is 0 Å². The molecule has 0 aromatic heterocycles. The van der Waals surface area contributed by atoms with Gasteiger partial charge in [-0.2, -0.15) is 0 Å². The highest BCUT2D eigenvalue weighted by Crippen LogP contribution is 2.23. The molecule has 3 heteroatoms. The van der Waals surface area contributed by atoms with E-state index in [0.717, 1.165) is 25.0 Å². The minimum absolute atomic E-state index is 0.754. The highest BCUT2D eigenvalue weighted by Gasteiger charge is 2.19. The summed E-state index contributed by atoms with van der Waals surface area (Å²) >= 11 is 3.59. The minimum atomic E-state index is 0.754. The maximum atomic E-state index is 3.59. The molecule has 2 nitrogen and oxygen atoms in total. The summed E-state index contributed by atoms with van der Waals surface area (Å²) in [4.78, 5) is 0. The quantitative estimate of drug-likeness (QED) is 0.872. The summed E-state index contributed by atoms with van der Waals surface area (Å²) in [6, 6.07) is 9.20. The largest absolute Gasteiger partial charge is 0.317 e. The van der Waals surface area contributed by atoms with Crippen molar-refractivity contribution in [1.29, 1.82) is 0 Å². The van der Waals surface area contributed by atoms with Crippen LogP contribution in [0.2, 0.25) is 0 Å². The van der Waals surface area contributed by atoms with Gasteiger partial charge >= 0.3 is 0 Å². The van der Waals surface area contributed by atoms with Crippen LogP contribution in [0, 0.1) is 5.92 Å². The van der Waals surface area contributed by atoms with E-state index >= 15 is 0 Å². The molecule has 0 atom stereocenters. The summed E-state index contributed by atoms with van der Waals surface area (Å²) in [5.74, 6) is 0.858. The Morgan fingerprint density at radius 1 is 1.17 bits per heavy atom. The summed E-state index contributed by atoms with van der Waals surface area (Å²) in [5, 5.41) is 6.98. The van der Waals surface area contributed by atoms with E-state index in [2.05, 4.69) is 57.9 Å². The van der Waals surface area contributed by atoms with Crippen LogP contribution in [0.4, 0.5) is 0 Å². The molecule has 1 aromatic rings. The summed E-state index contributed by atoms with van der Waals surface area (Å²) in [6.45, 7) is 2.12. The molecular formula is C15H23BrN2. The second kappa shape index (κ2) is 7.27. The SMILES string of the molecule is CNC1CCC(CNCc2ccccc2Br)CC1. The van der Waals surface area contributed by atoms with Gasteiger partial charge in [0.15, 0.2) is 0 Å². The van der Waals surface area contributed by atoms with Gasteiger partial charge in [0.1, 0.15) is 0 Å². The van der Waals surface area contributed by atoms with E-state index in [9.17, 15) is 0 Å². The standard InChI is InChI=1S/C15H23BrN2/c1-17-14-8-6-12(7-9-14)10-18-11-13-4-2-3-5-15(13)16/h2-5,12,14,17-18H,6-11H2,1H3. The number of nitrogens with one attached hydrogen (secondary N) is 2. The predicted octanol–water partition coefficient (Wildman–Crippen LogP) is 3.32. The van der Waals surface area contributed by atoms with Crippen LogP contribution < -0.4 is 10.6 Å². The van der Waals surface area contributed by atoms with Gasteiger partial charge in [-0.1, -0.05) is 34.1 Å². The van der Waals surface area contributed by atoms with Crippen molar-refractivity contribution in [2.75, 3.05) is 13.6 Å². The first-order valence-corrected chi connectivity index (χ1v) is 7.70. The smallest absolute Gasteiger partial charge is 0.0220 e. The normalized spacial score (nSPS) is 24.1. The molecule has 2 rings (SSSR count). The van der Waals surface area contributed by atoms with E-state index in [4.69, 9.17) is 0 Å². The Bertz CT molecular complexity index is 359. The van der Waals surface area contributed by atoms with Gasteiger partial charge in [-0.15, -0.1) is 0 Å². The van der Waals surface area contributed by atoms with Crippen LogP contribution in [-0.4, -0.2) is 19.6 Å². The number of hydrogen-bond acceptors (Lipinski definition) is 2. The molecule has 1 aliphatic rings. The molecule has 1 aromatic carbocycles. The Balaban J connectivity index is 1.69. The molecule has 0 heterocycles. The Hall–Kier alpha value is -0.380. The molecule has 0 amide bonds. The highest BCUT2D eigenvalue weighted by atomic mass is 79.9. The highest BCUT2D eigenvalue weighted by molar-refractivity contribution is 9.10. The fourth-order valence-electron chi connectivity index (χ4n) is 2.71.